The third kappa shape index (κ3) is 2.94. The summed E-state index contributed by atoms with van der Waals surface area (Å²) >= 11 is 5.28. The van der Waals surface area contributed by atoms with E-state index in [9.17, 15) is 0 Å². The topological polar surface area (TPSA) is 21.3 Å². The van der Waals surface area contributed by atoms with Crippen molar-refractivity contribution >= 4 is 27.3 Å². The van der Waals surface area contributed by atoms with Gasteiger partial charge in [-0.1, -0.05) is 13.0 Å². The molecule has 0 amide bonds. The van der Waals surface area contributed by atoms with Crippen LogP contribution in [0.3, 0.4) is 0 Å². The molecular weight excluding hydrogens is 310 g/mol. The lowest BCUT2D eigenvalue weighted by atomic mass is 10.0. The molecule has 0 radical (unpaired) electrons. The van der Waals surface area contributed by atoms with Gasteiger partial charge in [0.25, 0.3) is 0 Å². The second-order valence-electron chi connectivity index (χ2n) is 3.94. The van der Waals surface area contributed by atoms with Crippen molar-refractivity contribution in [1.29, 1.82) is 0 Å². The molecule has 0 saturated carbocycles. The standard InChI is InChI=1S/C14H16BrNOS/c1-3-16-7-11-6-10(4-5-14(11)17-2)12-8-18-9-13(12)15/h4-6,8-9,16H,3,7H2,1-2H3. The van der Waals surface area contributed by atoms with Gasteiger partial charge in [-0.25, -0.2) is 0 Å². The maximum atomic E-state index is 5.40. The van der Waals surface area contributed by atoms with Crippen LogP contribution in [0.5, 0.6) is 5.75 Å². The van der Waals surface area contributed by atoms with E-state index in [1.165, 1.54) is 16.7 Å². The van der Waals surface area contributed by atoms with Crippen molar-refractivity contribution < 1.29 is 4.74 Å². The molecule has 2 rings (SSSR count). The summed E-state index contributed by atoms with van der Waals surface area (Å²) in [5, 5.41) is 7.59. The first kappa shape index (κ1) is 13.6. The summed E-state index contributed by atoms with van der Waals surface area (Å²) in [4.78, 5) is 0. The lowest BCUT2D eigenvalue weighted by Crippen LogP contribution is -2.12. The van der Waals surface area contributed by atoms with Crippen LogP contribution in [-0.4, -0.2) is 13.7 Å². The van der Waals surface area contributed by atoms with Crippen LogP contribution in [0.25, 0.3) is 11.1 Å². The van der Waals surface area contributed by atoms with Crippen LogP contribution in [0, 0.1) is 0 Å². The Balaban J connectivity index is 2.36. The fraction of sp³-hybridized carbons (Fsp3) is 0.286. The van der Waals surface area contributed by atoms with Gasteiger partial charge in [0.15, 0.2) is 0 Å². The molecule has 0 spiro atoms. The summed E-state index contributed by atoms with van der Waals surface area (Å²) in [7, 11) is 1.71. The summed E-state index contributed by atoms with van der Waals surface area (Å²) in [5.74, 6) is 0.936. The number of halogens is 1. The summed E-state index contributed by atoms with van der Waals surface area (Å²) < 4.78 is 6.54. The normalized spacial score (nSPS) is 10.6. The van der Waals surface area contributed by atoms with E-state index in [1.54, 1.807) is 18.4 Å². The highest BCUT2D eigenvalue weighted by atomic mass is 79.9. The summed E-state index contributed by atoms with van der Waals surface area (Å²) in [6.45, 7) is 3.89. The molecule has 18 heavy (non-hydrogen) atoms. The number of thiophene rings is 1. The zero-order chi connectivity index (χ0) is 13.0. The van der Waals surface area contributed by atoms with Crippen molar-refractivity contribution in [3.05, 3.63) is 39.0 Å². The van der Waals surface area contributed by atoms with E-state index >= 15 is 0 Å². The number of ether oxygens (including phenoxy) is 1. The lowest BCUT2D eigenvalue weighted by molar-refractivity contribution is 0.408. The molecule has 2 aromatic rings. The average molecular weight is 326 g/mol. The van der Waals surface area contributed by atoms with Crippen LogP contribution >= 0.6 is 27.3 Å². The molecule has 1 aromatic heterocycles. The number of nitrogens with one attached hydrogen (secondary N) is 1. The van der Waals surface area contributed by atoms with Gasteiger partial charge in [-0.15, -0.1) is 0 Å². The van der Waals surface area contributed by atoms with Gasteiger partial charge in [-0.05, 0) is 45.6 Å². The molecule has 0 unspecified atom stereocenters. The minimum Gasteiger partial charge on any atom is -0.496 e. The van der Waals surface area contributed by atoms with Gasteiger partial charge in [-0.3, -0.25) is 0 Å². The first-order valence-corrected chi connectivity index (χ1v) is 7.59. The molecule has 0 atom stereocenters. The van der Waals surface area contributed by atoms with E-state index in [1.807, 2.05) is 6.07 Å². The summed E-state index contributed by atoms with van der Waals surface area (Å²) in [5.41, 5.74) is 3.65. The van der Waals surface area contributed by atoms with E-state index in [4.69, 9.17) is 4.74 Å². The Morgan fingerprint density at radius 2 is 2.17 bits per heavy atom. The Kier molecular flexibility index (Phi) is 4.80. The van der Waals surface area contributed by atoms with Crippen molar-refractivity contribution in [2.45, 2.75) is 13.5 Å². The Hall–Kier alpha value is -0.840. The van der Waals surface area contributed by atoms with E-state index in [0.29, 0.717) is 0 Å². The lowest BCUT2D eigenvalue weighted by Gasteiger charge is -2.11. The minimum atomic E-state index is 0.829. The van der Waals surface area contributed by atoms with Crippen molar-refractivity contribution in [2.24, 2.45) is 0 Å². The van der Waals surface area contributed by atoms with Gasteiger partial charge < -0.3 is 10.1 Å². The van der Waals surface area contributed by atoms with Gasteiger partial charge in [-0.2, -0.15) is 11.3 Å². The predicted molar refractivity (Wildman–Crippen MR) is 81.4 cm³/mol. The molecule has 1 aromatic carbocycles. The van der Waals surface area contributed by atoms with Crippen molar-refractivity contribution in [3.8, 4) is 16.9 Å². The maximum absolute atomic E-state index is 5.40. The van der Waals surface area contributed by atoms with Gasteiger partial charge in [0.05, 0.1) is 7.11 Å². The quantitative estimate of drug-likeness (QED) is 0.885. The van der Waals surface area contributed by atoms with Gasteiger partial charge in [0.2, 0.25) is 0 Å². The number of hydrogen-bond donors (Lipinski definition) is 1. The van der Waals surface area contributed by atoms with Crippen LogP contribution in [0.1, 0.15) is 12.5 Å². The molecule has 0 fully saturated rings. The second-order valence-corrected chi connectivity index (χ2v) is 5.54. The highest BCUT2D eigenvalue weighted by Gasteiger charge is 2.08. The van der Waals surface area contributed by atoms with Crippen LogP contribution in [-0.2, 0) is 6.54 Å². The average Bonchev–Trinajstić information content (AvgIpc) is 2.82. The minimum absolute atomic E-state index is 0.829. The molecule has 1 heterocycles. The van der Waals surface area contributed by atoms with Crippen LogP contribution in [0.4, 0.5) is 0 Å². The highest BCUT2D eigenvalue weighted by Crippen LogP contribution is 2.34. The number of rotatable bonds is 5. The molecule has 1 N–H and O–H groups in total. The molecule has 96 valence electrons. The molecule has 0 saturated heterocycles. The van der Waals surface area contributed by atoms with Crippen LogP contribution in [0.2, 0.25) is 0 Å². The SMILES string of the molecule is CCNCc1cc(-c2cscc2Br)ccc1OC. The van der Waals surface area contributed by atoms with Gasteiger partial charge in [0.1, 0.15) is 5.75 Å². The molecule has 0 aliphatic carbocycles. The van der Waals surface area contributed by atoms with Crippen molar-refractivity contribution in [3.63, 3.8) is 0 Å². The van der Waals surface area contributed by atoms with E-state index in [2.05, 4.69) is 51.1 Å². The largest absolute Gasteiger partial charge is 0.496 e. The number of benzene rings is 1. The van der Waals surface area contributed by atoms with E-state index < -0.39 is 0 Å². The number of methoxy groups -OCH3 is 1. The molecular formula is C14H16BrNOS. The van der Waals surface area contributed by atoms with Gasteiger partial charge >= 0.3 is 0 Å². The Bertz CT molecular complexity index is 524. The maximum Gasteiger partial charge on any atom is 0.123 e. The monoisotopic (exact) mass is 325 g/mol. The highest BCUT2D eigenvalue weighted by molar-refractivity contribution is 9.10. The van der Waals surface area contributed by atoms with E-state index in [0.717, 1.165) is 23.3 Å². The number of hydrogen-bond acceptors (Lipinski definition) is 3. The second kappa shape index (κ2) is 6.36. The fourth-order valence-corrected chi connectivity index (χ4v) is 3.36. The third-order valence-corrected chi connectivity index (χ3v) is 4.47. The van der Waals surface area contributed by atoms with E-state index in [-0.39, 0.29) is 0 Å². The molecule has 4 heteroatoms. The van der Waals surface area contributed by atoms with Crippen molar-refractivity contribution in [2.75, 3.05) is 13.7 Å². The predicted octanol–water partition coefficient (Wildman–Crippen LogP) is 4.30. The summed E-state index contributed by atoms with van der Waals surface area (Å²) in [6, 6.07) is 6.32. The van der Waals surface area contributed by atoms with Crippen molar-refractivity contribution in [1.82, 2.24) is 5.32 Å². The molecule has 0 aliphatic heterocycles. The first-order chi connectivity index (χ1) is 8.76. The van der Waals surface area contributed by atoms with Crippen LogP contribution in [0.15, 0.2) is 33.4 Å². The smallest absolute Gasteiger partial charge is 0.123 e. The molecule has 0 bridgehead atoms. The molecule has 2 nitrogen and oxygen atoms in total. The Morgan fingerprint density at radius 3 is 2.78 bits per heavy atom. The fourth-order valence-electron chi connectivity index (χ4n) is 1.83. The summed E-state index contributed by atoms with van der Waals surface area (Å²) in [6.07, 6.45) is 0. The zero-order valence-corrected chi connectivity index (χ0v) is 12.9. The third-order valence-electron chi connectivity index (χ3n) is 2.77. The van der Waals surface area contributed by atoms with Crippen LogP contribution < -0.4 is 10.1 Å². The zero-order valence-electron chi connectivity index (χ0n) is 10.5. The first-order valence-electron chi connectivity index (χ1n) is 5.86. The van der Waals surface area contributed by atoms with Gasteiger partial charge in [0, 0.05) is 27.5 Å². The Morgan fingerprint density at radius 1 is 1.33 bits per heavy atom. The molecule has 0 aliphatic rings. The Labute approximate surface area is 120 Å².